The van der Waals surface area contributed by atoms with Gasteiger partial charge in [-0.3, -0.25) is 4.79 Å². The topological polar surface area (TPSA) is 75.6 Å². The van der Waals surface area contributed by atoms with Crippen LogP contribution >= 0.6 is 0 Å². The summed E-state index contributed by atoms with van der Waals surface area (Å²) in [5, 5.41) is 14.1. The van der Waals surface area contributed by atoms with E-state index < -0.39 is 23.4 Å². The standard InChI is InChI=1S/C22H23NO4/c1-4-27-21(25)22(26,12-11-16-8-5-14(2)6-9-16)19-17-13-15(3)7-10-18(17)23-20(19)24/h5-13,19,26H,4H2,1-3H3,(H,23,24)/b12-11+. The molecular formula is C22H23NO4. The third-order valence-corrected chi connectivity index (χ3v) is 4.69. The molecule has 0 radical (unpaired) electrons. The molecule has 0 saturated carbocycles. The number of rotatable bonds is 5. The summed E-state index contributed by atoms with van der Waals surface area (Å²) < 4.78 is 5.10. The summed E-state index contributed by atoms with van der Waals surface area (Å²) in [7, 11) is 0. The number of carbonyl (C=O) groups excluding carboxylic acids is 2. The molecule has 1 heterocycles. The average molecular weight is 365 g/mol. The molecule has 3 rings (SSSR count). The van der Waals surface area contributed by atoms with Crippen molar-refractivity contribution in [1.29, 1.82) is 0 Å². The highest BCUT2D eigenvalue weighted by molar-refractivity contribution is 6.08. The Morgan fingerprint density at radius 1 is 1.19 bits per heavy atom. The number of aryl methyl sites for hydroxylation is 2. The number of hydrogen-bond acceptors (Lipinski definition) is 4. The number of hydrogen-bond donors (Lipinski definition) is 2. The number of nitrogens with one attached hydrogen (secondary N) is 1. The zero-order valence-electron chi connectivity index (χ0n) is 15.7. The van der Waals surface area contributed by atoms with Crippen LogP contribution in [-0.4, -0.2) is 29.2 Å². The maximum absolute atomic E-state index is 12.7. The van der Waals surface area contributed by atoms with E-state index in [9.17, 15) is 14.7 Å². The second-order valence-electron chi connectivity index (χ2n) is 6.80. The van der Waals surface area contributed by atoms with Crippen LogP contribution in [0.2, 0.25) is 0 Å². The first kappa shape index (κ1) is 18.9. The molecule has 1 amide bonds. The molecule has 0 bridgehead atoms. The monoisotopic (exact) mass is 365 g/mol. The molecular weight excluding hydrogens is 342 g/mol. The van der Waals surface area contributed by atoms with Crippen LogP contribution < -0.4 is 5.32 Å². The lowest BCUT2D eigenvalue weighted by Crippen LogP contribution is -2.46. The summed E-state index contributed by atoms with van der Waals surface area (Å²) in [6, 6.07) is 13.1. The number of carbonyl (C=O) groups is 2. The van der Waals surface area contributed by atoms with Gasteiger partial charge in [-0.2, -0.15) is 0 Å². The number of ether oxygens (including phenoxy) is 1. The van der Waals surface area contributed by atoms with Crippen molar-refractivity contribution in [3.05, 3.63) is 70.8 Å². The van der Waals surface area contributed by atoms with Crippen LogP contribution in [0.5, 0.6) is 0 Å². The number of aliphatic hydroxyl groups is 1. The number of esters is 1. The number of fused-ring (bicyclic) bond motifs is 1. The van der Waals surface area contributed by atoms with Gasteiger partial charge in [0.2, 0.25) is 5.91 Å². The first-order chi connectivity index (χ1) is 12.8. The van der Waals surface area contributed by atoms with Crippen molar-refractivity contribution in [3.8, 4) is 0 Å². The number of amides is 1. The van der Waals surface area contributed by atoms with Crippen LogP contribution in [0.25, 0.3) is 6.08 Å². The van der Waals surface area contributed by atoms with Gasteiger partial charge in [-0.05, 0) is 44.0 Å². The van der Waals surface area contributed by atoms with E-state index in [1.54, 1.807) is 19.1 Å². The molecule has 27 heavy (non-hydrogen) atoms. The fourth-order valence-corrected chi connectivity index (χ4v) is 3.25. The van der Waals surface area contributed by atoms with Crippen molar-refractivity contribution in [1.82, 2.24) is 0 Å². The second-order valence-corrected chi connectivity index (χ2v) is 6.80. The third kappa shape index (κ3) is 3.64. The van der Waals surface area contributed by atoms with E-state index in [0.29, 0.717) is 11.3 Å². The van der Waals surface area contributed by atoms with E-state index in [1.807, 2.05) is 50.2 Å². The van der Waals surface area contributed by atoms with Gasteiger partial charge in [0.05, 0.1) is 6.61 Å². The average Bonchev–Trinajstić information content (AvgIpc) is 2.96. The van der Waals surface area contributed by atoms with Crippen LogP contribution in [0.4, 0.5) is 5.69 Å². The van der Waals surface area contributed by atoms with E-state index in [1.165, 1.54) is 6.08 Å². The van der Waals surface area contributed by atoms with E-state index >= 15 is 0 Å². The zero-order valence-corrected chi connectivity index (χ0v) is 15.7. The Bertz CT molecular complexity index is 901. The second kappa shape index (κ2) is 7.37. The molecule has 2 aromatic rings. The molecule has 140 valence electrons. The SMILES string of the molecule is CCOC(=O)C(O)(/C=C/c1ccc(C)cc1)C1C(=O)Nc2ccc(C)cc21. The van der Waals surface area contributed by atoms with E-state index in [4.69, 9.17) is 4.74 Å². The Morgan fingerprint density at radius 2 is 1.85 bits per heavy atom. The first-order valence-corrected chi connectivity index (χ1v) is 8.92. The Hall–Kier alpha value is -2.92. The zero-order chi connectivity index (χ0) is 19.6. The predicted molar refractivity (Wildman–Crippen MR) is 104 cm³/mol. The van der Waals surface area contributed by atoms with Crippen molar-refractivity contribution in [3.63, 3.8) is 0 Å². The fraction of sp³-hybridized carbons (Fsp3) is 0.273. The number of anilines is 1. The molecule has 0 spiro atoms. The van der Waals surface area contributed by atoms with Crippen molar-refractivity contribution >= 4 is 23.6 Å². The van der Waals surface area contributed by atoms with Gasteiger partial charge in [0.25, 0.3) is 0 Å². The molecule has 1 aliphatic heterocycles. The van der Waals surface area contributed by atoms with Gasteiger partial charge in [0, 0.05) is 5.69 Å². The molecule has 2 unspecified atom stereocenters. The van der Waals surface area contributed by atoms with Crippen LogP contribution in [-0.2, 0) is 14.3 Å². The third-order valence-electron chi connectivity index (χ3n) is 4.69. The normalized spacial score (nSPS) is 18.1. The summed E-state index contributed by atoms with van der Waals surface area (Å²) >= 11 is 0. The quantitative estimate of drug-likeness (QED) is 0.797. The van der Waals surface area contributed by atoms with Crippen molar-refractivity contribution < 1.29 is 19.4 Å². The highest BCUT2D eigenvalue weighted by atomic mass is 16.5. The van der Waals surface area contributed by atoms with Crippen LogP contribution in [0.3, 0.4) is 0 Å². The molecule has 2 N–H and O–H groups in total. The van der Waals surface area contributed by atoms with Gasteiger partial charge in [0.15, 0.2) is 5.60 Å². The maximum Gasteiger partial charge on any atom is 0.343 e. The molecule has 2 atom stereocenters. The Balaban J connectivity index is 2.06. The molecule has 5 nitrogen and oxygen atoms in total. The Morgan fingerprint density at radius 3 is 2.52 bits per heavy atom. The van der Waals surface area contributed by atoms with Gasteiger partial charge in [0.1, 0.15) is 5.92 Å². The molecule has 0 aliphatic carbocycles. The van der Waals surface area contributed by atoms with Gasteiger partial charge >= 0.3 is 5.97 Å². The summed E-state index contributed by atoms with van der Waals surface area (Å²) in [6.07, 6.45) is 2.99. The smallest absolute Gasteiger partial charge is 0.343 e. The van der Waals surface area contributed by atoms with Gasteiger partial charge in [-0.15, -0.1) is 0 Å². The lowest BCUT2D eigenvalue weighted by Gasteiger charge is -2.27. The first-order valence-electron chi connectivity index (χ1n) is 8.92. The van der Waals surface area contributed by atoms with Crippen LogP contribution in [0.15, 0.2) is 48.5 Å². The maximum atomic E-state index is 12.7. The Labute approximate surface area is 158 Å². The molecule has 5 heteroatoms. The van der Waals surface area contributed by atoms with E-state index in [2.05, 4.69) is 5.32 Å². The fourth-order valence-electron chi connectivity index (χ4n) is 3.25. The van der Waals surface area contributed by atoms with Crippen molar-refractivity contribution in [2.24, 2.45) is 0 Å². The van der Waals surface area contributed by atoms with Crippen LogP contribution in [0.1, 0.15) is 35.1 Å². The molecule has 0 fully saturated rings. The molecule has 0 aromatic heterocycles. The van der Waals surface area contributed by atoms with Gasteiger partial charge in [-0.25, -0.2) is 4.79 Å². The highest BCUT2D eigenvalue weighted by Gasteiger charge is 2.51. The van der Waals surface area contributed by atoms with E-state index in [-0.39, 0.29) is 6.61 Å². The predicted octanol–water partition coefficient (Wildman–Crippen LogP) is 3.35. The lowest BCUT2D eigenvalue weighted by molar-refractivity contribution is -0.163. The van der Waals surface area contributed by atoms with Gasteiger partial charge < -0.3 is 15.2 Å². The van der Waals surface area contributed by atoms with Crippen LogP contribution in [0, 0.1) is 13.8 Å². The summed E-state index contributed by atoms with van der Waals surface area (Å²) in [4.78, 5) is 25.3. The largest absolute Gasteiger partial charge is 0.464 e. The lowest BCUT2D eigenvalue weighted by atomic mass is 9.81. The minimum Gasteiger partial charge on any atom is -0.464 e. The summed E-state index contributed by atoms with van der Waals surface area (Å²) in [6.45, 7) is 5.64. The summed E-state index contributed by atoms with van der Waals surface area (Å²) in [5.74, 6) is -2.35. The molecule has 1 aliphatic rings. The minimum atomic E-state index is -2.11. The number of benzene rings is 2. The van der Waals surface area contributed by atoms with Crippen molar-refractivity contribution in [2.75, 3.05) is 11.9 Å². The highest BCUT2D eigenvalue weighted by Crippen LogP contribution is 2.41. The summed E-state index contributed by atoms with van der Waals surface area (Å²) in [5.41, 5.74) is 1.93. The Kier molecular flexibility index (Phi) is 5.15. The van der Waals surface area contributed by atoms with Gasteiger partial charge in [-0.1, -0.05) is 53.6 Å². The molecule has 0 saturated heterocycles. The molecule has 2 aromatic carbocycles. The van der Waals surface area contributed by atoms with E-state index in [0.717, 1.165) is 16.7 Å². The minimum absolute atomic E-state index is 0.106. The van der Waals surface area contributed by atoms with Crippen molar-refractivity contribution in [2.45, 2.75) is 32.3 Å².